The van der Waals surface area contributed by atoms with E-state index in [0.29, 0.717) is 11.3 Å². The average molecular weight is 292 g/mol. The molecule has 2 atom stereocenters. The molecule has 0 saturated heterocycles. The van der Waals surface area contributed by atoms with Crippen molar-refractivity contribution in [2.24, 2.45) is 0 Å². The van der Waals surface area contributed by atoms with E-state index < -0.39 is 0 Å². The summed E-state index contributed by atoms with van der Waals surface area (Å²) in [5, 5.41) is 0.694. The first-order valence-electron chi connectivity index (χ1n) is 6.95. The van der Waals surface area contributed by atoms with Gasteiger partial charge in [0.25, 0.3) is 0 Å². The van der Waals surface area contributed by atoms with Crippen LogP contribution in [0.2, 0.25) is 0 Å². The number of benzene rings is 1. The predicted octanol–water partition coefficient (Wildman–Crippen LogP) is 4.85. The molecule has 0 amide bonds. The SMILES string of the molecule is CSC1CCCCC1n1c(=S)[nH]c2c(C)cccc21. The Morgan fingerprint density at radius 2 is 2.11 bits per heavy atom. The first-order chi connectivity index (χ1) is 9.22. The molecule has 0 bridgehead atoms. The quantitative estimate of drug-likeness (QED) is 0.798. The van der Waals surface area contributed by atoms with E-state index in [1.807, 2.05) is 11.8 Å². The van der Waals surface area contributed by atoms with Crippen LogP contribution in [-0.4, -0.2) is 21.1 Å². The Morgan fingerprint density at radius 1 is 1.32 bits per heavy atom. The highest BCUT2D eigenvalue weighted by atomic mass is 32.2. The van der Waals surface area contributed by atoms with Gasteiger partial charge in [0.05, 0.1) is 11.0 Å². The summed E-state index contributed by atoms with van der Waals surface area (Å²) in [4.78, 5) is 3.41. The van der Waals surface area contributed by atoms with Gasteiger partial charge in [0.1, 0.15) is 0 Å². The van der Waals surface area contributed by atoms with Crippen LogP contribution in [0.25, 0.3) is 11.0 Å². The second-order valence-corrected chi connectivity index (χ2v) is 6.86. The van der Waals surface area contributed by atoms with E-state index in [9.17, 15) is 0 Å². The number of fused-ring (bicyclic) bond motifs is 1. The van der Waals surface area contributed by atoms with E-state index in [0.717, 1.165) is 4.77 Å². The number of hydrogen-bond donors (Lipinski definition) is 1. The van der Waals surface area contributed by atoms with Crippen molar-refractivity contribution >= 4 is 35.0 Å². The van der Waals surface area contributed by atoms with Gasteiger partial charge in [-0.15, -0.1) is 0 Å². The molecule has 1 heterocycles. The van der Waals surface area contributed by atoms with E-state index in [4.69, 9.17) is 12.2 Å². The van der Waals surface area contributed by atoms with Crippen LogP contribution in [0.5, 0.6) is 0 Å². The molecule has 0 aliphatic heterocycles. The largest absolute Gasteiger partial charge is 0.330 e. The molecular weight excluding hydrogens is 272 g/mol. The summed E-state index contributed by atoms with van der Waals surface area (Å²) in [6, 6.07) is 7.02. The normalized spacial score (nSPS) is 23.9. The minimum Gasteiger partial charge on any atom is -0.330 e. The van der Waals surface area contributed by atoms with E-state index in [2.05, 4.69) is 40.9 Å². The lowest BCUT2D eigenvalue weighted by Gasteiger charge is -2.31. The minimum absolute atomic E-state index is 0.548. The van der Waals surface area contributed by atoms with E-state index >= 15 is 0 Å². The van der Waals surface area contributed by atoms with E-state index in [1.54, 1.807) is 0 Å². The number of nitrogens with one attached hydrogen (secondary N) is 1. The molecule has 1 aliphatic carbocycles. The summed E-state index contributed by atoms with van der Waals surface area (Å²) in [7, 11) is 0. The van der Waals surface area contributed by atoms with Crippen molar-refractivity contribution in [2.45, 2.75) is 43.9 Å². The minimum atomic E-state index is 0.548. The fraction of sp³-hybridized carbons (Fsp3) is 0.533. The summed E-state index contributed by atoms with van der Waals surface area (Å²) >= 11 is 7.58. The highest BCUT2D eigenvalue weighted by Crippen LogP contribution is 2.37. The standard InChI is InChI=1S/C15H20N2S2/c1-10-6-5-8-12-14(10)16-15(18)17(12)11-7-3-4-9-13(11)19-2/h5-6,8,11,13H,3-4,7,9H2,1-2H3,(H,16,18). The molecule has 1 fully saturated rings. The summed E-state index contributed by atoms with van der Waals surface area (Å²) in [5.74, 6) is 0. The Bertz CT molecular complexity index is 641. The van der Waals surface area contributed by atoms with Gasteiger partial charge in [-0.3, -0.25) is 0 Å². The number of aryl methyl sites for hydroxylation is 1. The van der Waals surface area contributed by atoms with Gasteiger partial charge in [0, 0.05) is 11.3 Å². The van der Waals surface area contributed by atoms with Crippen molar-refractivity contribution in [3.63, 3.8) is 0 Å². The lowest BCUT2D eigenvalue weighted by Crippen LogP contribution is -2.25. The summed E-state index contributed by atoms with van der Waals surface area (Å²) < 4.78 is 3.26. The lowest BCUT2D eigenvalue weighted by atomic mass is 9.94. The molecule has 1 N–H and O–H groups in total. The fourth-order valence-corrected chi connectivity index (χ4v) is 4.58. The first-order valence-corrected chi connectivity index (χ1v) is 8.64. The lowest BCUT2D eigenvalue weighted by molar-refractivity contribution is 0.369. The summed E-state index contributed by atoms with van der Waals surface area (Å²) in [5.41, 5.74) is 3.76. The molecule has 3 rings (SSSR count). The van der Waals surface area contributed by atoms with Crippen LogP contribution in [0.1, 0.15) is 37.3 Å². The molecule has 1 aromatic carbocycles. The van der Waals surface area contributed by atoms with Gasteiger partial charge >= 0.3 is 0 Å². The highest BCUT2D eigenvalue weighted by Gasteiger charge is 2.27. The molecule has 102 valence electrons. The van der Waals surface area contributed by atoms with Crippen molar-refractivity contribution < 1.29 is 0 Å². The van der Waals surface area contributed by atoms with Gasteiger partial charge in [-0.2, -0.15) is 11.8 Å². The van der Waals surface area contributed by atoms with Gasteiger partial charge in [-0.05, 0) is 49.9 Å². The molecule has 2 aromatic rings. The molecule has 19 heavy (non-hydrogen) atoms. The Hall–Kier alpha value is -0.740. The zero-order valence-corrected chi connectivity index (χ0v) is 13.1. The number of aromatic nitrogens is 2. The molecule has 4 heteroatoms. The Balaban J connectivity index is 2.16. The Labute approximate surface area is 123 Å². The van der Waals surface area contributed by atoms with Gasteiger partial charge in [-0.25, -0.2) is 0 Å². The zero-order chi connectivity index (χ0) is 13.4. The highest BCUT2D eigenvalue weighted by molar-refractivity contribution is 7.99. The fourth-order valence-electron chi connectivity index (χ4n) is 3.27. The van der Waals surface area contributed by atoms with Crippen LogP contribution in [0.3, 0.4) is 0 Å². The summed E-state index contributed by atoms with van der Waals surface area (Å²) in [6.07, 6.45) is 7.47. The monoisotopic (exact) mass is 292 g/mol. The van der Waals surface area contributed by atoms with Crippen LogP contribution < -0.4 is 0 Å². The number of para-hydroxylation sites is 1. The maximum atomic E-state index is 5.59. The maximum Gasteiger partial charge on any atom is 0.178 e. The molecular formula is C15H20N2S2. The topological polar surface area (TPSA) is 20.7 Å². The van der Waals surface area contributed by atoms with Crippen molar-refractivity contribution in [3.05, 3.63) is 28.5 Å². The average Bonchev–Trinajstić information content (AvgIpc) is 2.76. The van der Waals surface area contributed by atoms with Crippen molar-refractivity contribution in [1.82, 2.24) is 9.55 Å². The Kier molecular flexibility index (Phi) is 3.72. The van der Waals surface area contributed by atoms with Crippen LogP contribution in [0.4, 0.5) is 0 Å². The predicted molar refractivity (Wildman–Crippen MR) is 86.7 cm³/mol. The molecule has 0 radical (unpaired) electrons. The number of aromatic amines is 1. The smallest absolute Gasteiger partial charge is 0.178 e. The third-order valence-corrected chi connectivity index (χ3v) is 5.72. The molecule has 2 nitrogen and oxygen atoms in total. The molecule has 0 spiro atoms. The third kappa shape index (κ3) is 2.25. The zero-order valence-electron chi connectivity index (χ0n) is 11.5. The first kappa shape index (κ1) is 13.3. The van der Waals surface area contributed by atoms with Crippen molar-refractivity contribution in [3.8, 4) is 0 Å². The number of thioether (sulfide) groups is 1. The van der Waals surface area contributed by atoms with Gasteiger partial charge in [-0.1, -0.05) is 25.0 Å². The van der Waals surface area contributed by atoms with Crippen LogP contribution in [-0.2, 0) is 0 Å². The number of nitrogens with zero attached hydrogens (tertiary/aromatic N) is 1. The number of hydrogen-bond acceptors (Lipinski definition) is 2. The van der Waals surface area contributed by atoms with Crippen molar-refractivity contribution in [1.29, 1.82) is 0 Å². The van der Waals surface area contributed by atoms with Crippen LogP contribution in [0, 0.1) is 11.7 Å². The number of H-pyrrole nitrogens is 1. The second kappa shape index (κ2) is 5.33. The maximum absolute atomic E-state index is 5.59. The van der Waals surface area contributed by atoms with Crippen LogP contribution >= 0.6 is 24.0 Å². The van der Waals surface area contributed by atoms with Gasteiger partial charge < -0.3 is 9.55 Å². The molecule has 2 unspecified atom stereocenters. The van der Waals surface area contributed by atoms with E-state index in [-0.39, 0.29) is 0 Å². The van der Waals surface area contributed by atoms with Gasteiger partial charge in [0.2, 0.25) is 0 Å². The summed E-state index contributed by atoms with van der Waals surface area (Å²) in [6.45, 7) is 2.14. The van der Waals surface area contributed by atoms with E-state index in [1.165, 1.54) is 42.3 Å². The third-order valence-electron chi connectivity index (χ3n) is 4.26. The molecule has 1 aromatic heterocycles. The number of imidazole rings is 1. The molecule has 1 aliphatic rings. The van der Waals surface area contributed by atoms with Gasteiger partial charge in [0.15, 0.2) is 4.77 Å². The second-order valence-electron chi connectivity index (χ2n) is 5.40. The number of rotatable bonds is 2. The Morgan fingerprint density at radius 3 is 2.89 bits per heavy atom. The van der Waals surface area contributed by atoms with Crippen LogP contribution in [0.15, 0.2) is 18.2 Å². The van der Waals surface area contributed by atoms with Crippen molar-refractivity contribution in [2.75, 3.05) is 6.26 Å². The molecule has 1 saturated carbocycles.